The smallest absolute Gasteiger partial charge is 0.298 e. The predicted molar refractivity (Wildman–Crippen MR) is 76.0 cm³/mol. The molecule has 0 unspecified atom stereocenters. The van der Waals surface area contributed by atoms with Crippen LogP contribution in [0.3, 0.4) is 0 Å². The number of rotatable bonds is 5. The lowest BCUT2D eigenvalue weighted by Gasteiger charge is -2.05. The van der Waals surface area contributed by atoms with Gasteiger partial charge in [0.15, 0.2) is 5.16 Å². The lowest BCUT2D eigenvalue weighted by Crippen LogP contribution is -2.34. The maximum absolute atomic E-state index is 11.8. The Balaban J connectivity index is 1.99. The van der Waals surface area contributed by atoms with Crippen LogP contribution in [0.4, 0.5) is 0 Å². The first-order valence-electron chi connectivity index (χ1n) is 5.92. The minimum Gasteiger partial charge on any atom is -0.298 e. The van der Waals surface area contributed by atoms with E-state index in [1.807, 2.05) is 30.3 Å². The van der Waals surface area contributed by atoms with E-state index in [0.29, 0.717) is 11.6 Å². The van der Waals surface area contributed by atoms with E-state index in [1.165, 1.54) is 4.68 Å². The molecule has 0 saturated carbocycles. The molecule has 0 aliphatic rings. The Morgan fingerprint density at radius 2 is 2.00 bits per heavy atom. The molecule has 0 atom stereocenters. The average molecular weight is 291 g/mol. The molecule has 7 heteroatoms. The normalized spacial score (nSPS) is 10.4. The summed E-state index contributed by atoms with van der Waals surface area (Å²) in [7, 11) is 1.57. The molecule has 1 heterocycles. The number of Topliss-reactive ketones (excluding diaryl/α,β-unsaturated/α-hetero) is 1. The topological polar surface area (TPSA) is 84.8 Å². The SMILES string of the molecule is Cn1[nH]c(=O)c(=O)nc1SCC(=O)Cc1ccccc1. The van der Waals surface area contributed by atoms with Crippen LogP contribution in [0.2, 0.25) is 0 Å². The molecule has 2 aromatic rings. The molecule has 1 aromatic heterocycles. The van der Waals surface area contributed by atoms with Crippen LogP contribution in [-0.2, 0) is 18.3 Å². The highest BCUT2D eigenvalue weighted by Crippen LogP contribution is 2.12. The van der Waals surface area contributed by atoms with Crippen molar-refractivity contribution >= 4 is 17.5 Å². The van der Waals surface area contributed by atoms with Crippen molar-refractivity contribution < 1.29 is 4.79 Å². The lowest BCUT2D eigenvalue weighted by atomic mass is 10.1. The fraction of sp³-hybridized carbons (Fsp3) is 0.231. The average Bonchev–Trinajstić information content (AvgIpc) is 2.42. The van der Waals surface area contributed by atoms with Gasteiger partial charge in [-0.2, -0.15) is 4.98 Å². The van der Waals surface area contributed by atoms with Crippen LogP contribution in [-0.4, -0.2) is 26.3 Å². The molecule has 0 aliphatic carbocycles. The number of benzene rings is 1. The fourth-order valence-electron chi connectivity index (χ4n) is 1.61. The summed E-state index contributed by atoms with van der Waals surface area (Å²) in [6.45, 7) is 0. The van der Waals surface area contributed by atoms with Gasteiger partial charge in [-0.15, -0.1) is 0 Å². The van der Waals surface area contributed by atoms with Gasteiger partial charge < -0.3 is 0 Å². The van der Waals surface area contributed by atoms with E-state index in [-0.39, 0.29) is 11.5 Å². The third-order valence-electron chi connectivity index (χ3n) is 2.55. The van der Waals surface area contributed by atoms with E-state index in [9.17, 15) is 14.4 Å². The number of carbonyl (C=O) groups is 1. The standard InChI is InChI=1S/C13H13N3O3S/c1-16-13(14-11(18)12(19)15-16)20-8-10(17)7-9-5-3-2-4-6-9/h2-6H,7-8H2,1H3,(H,15,19). The number of hydrogen-bond acceptors (Lipinski definition) is 5. The summed E-state index contributed by atoms with van der Waals surface area (Å²) in [5, 5.41) is 2.65. The molecular formula is C13H13N3O3S. The highest BCUT2D eigenvalue weighted by atomic mass is 32.2. The summed E-state index contributed by atoms with van der Waals surface area (Å²) in [6, 6.07) is 9.42. The molecule has 104 valence electrons. The van der Waals surface area contributed by atoms with Crippen LogP contribution in [0.5, 0.6) is 0 Å². The van der Waals surface area contributed by atoms with Gasteiger partial charge in [0, 0.05) is 13.5 Å². The molecule has 0 aliphatic heterocycles. The highest BCUT2D eigenvalue weighted by Gasteiger charge is 2.09. The quantitative estimate of drug-likeness (QED) is 0.635. The maximum Gasteiger partial charge on any atom is 0.339 e. The first-order chi connectivity index (χ1) is 9.56. The number of H-pyrrole nitrogens is 1. The van der Waals surface area contributed by atoms with Crippen molar-refractivity contribution in [3.8, 4) is 0 Å². The number of carbonyl (C=O) groups excluding carboxylic acids is 1. The largest absolute Gasteiger partial charge is 0.339 e. The van der Waals surface area contributed by atoms with Crippen LogP contribution < -0.4 is 11.1 Å². The van der Waals surface area contributed by atoms with Gasteiger partial charge in [0.2, 0.25) is 0 Å². The van der Waals surface area contributed by atoms with Crippen molar-refractivity contribution in [2.45, 2.75) is 11.6 Å². The zero-order chi connectivity index (χ0) is 14.5. The molecular weight excluding hydrogens is 278 g/mol. The molecule has 0 radical (unpaired) electrons. The van der Waals surface area contributed by atoms with Crippen LogP contribution in [0.1, 0.15) is 5.56 Å². The van der Waals surface area contributed by atoms with Gasteiger partial charge in [-0.05, 0) is 5.56 Å². The van der Waals surface area contributed by atoms with Crippen LogP contribution in [0.25, 0.3) is 0 Å². The molecule has 1 N–H and O–H groups in total. The lowest BCUT2D eigenvalue weighted by molar-refractivity contribution is -0.116. The second-order valence-electron chi connectivity index (χ2n) is 4.19. The summed E-state index contributed by atoms with van der Waals surface area (Å²) in [5.74, 6) is 0.225. The molecule has 6 nitrogen and oxygen atoms in total. The van der Waals surface area contributed by atoms with Crippen molar-refractivity contribution in [1.82, 2.24) is 14.8 Å². The molecule has 2 rings (SSSR count). The van der Waals surface area contributed by atoms with E-state index in [4.69, 9.17) is 0 Å². The number of nitrogens with zero attached hydrogens (tertiary/aromatic N) is 2. The van der Waals surface area contributed by atoms with Gasteiger partial charge in [0.1, 0.15) is 5.78 Å². The van der Waals surface area contributed by atoms with Crippen LogP contribution in [0, 0.1) is 0 Å². The Labute approximate surface area is 118 Å². The van der Waals surface area contributed by atoms with Crippen molar-refractivity contribution in [1.29, 1.82) is 0 Å². The van der Waals surface area contributed by atoms with Crippen molar-refractivity contribution in [3.63, 3.8) is 0 Å². The Kier molecular flexibility index (Phi) is 4.52. The van der Waals surface area contributed by atoms with Gasteiger partial charge in [0.25, 0.3) is 0 Å². The van der Waals surface area contributed by atoms with Gasteiger partial charge in [-0.1, -0.05) is 42.1 Å². The minimum atomic E-state index is -0.846. The molecule has 0 spiro atoms. The monoisotopic (exact) mass is 291 g/mol. The minimum absolute atomic E-state index is 0.0293. The molecule has 0 bridgehead atoms. The third kappa shape index (κ3) is 3.67. The summed E-state index contributed by atoms with van der Waals surface area (Å²) >= 11 is 1.13. The Morgan fingerprint density at radius 1 is 1.30 bits per heavy atom. The first-order valence-corrected chi connectivity index (χ1v) is 6.90. The third-order valence-corrected chi connectivity index (χ3v) is 3.64. The number of aromatic nitrogens is 3. The van der Waals surface area contributed by atoms with E-state index in [1.54, 1.807) is 7.05 Å². The summed E-state index contributed by atoms with van der Waals surface area (Å²) in [4.78, 5) is 37.7. The zero-order valence-corrected chi connectivity index (χ0v) is 11.6. The number of ketones is 1. The Bertz CT molecular complexity index is 722. The number of aromatic amines is 1. The van der Waals surface area contributed by atoms with Gasteiger partial charge >= 0.3 is 11.1 Å². The molecule has 0 fully saturated rings. The number of nitrogens with one attached hydrogen (secondary N) is 1. The van der Waals surface area contributed by atoms with E-state index in [0.717, 1.165) is 17.3 Å². The number of hydrogen-bond donors (Lipinski definition) is 1. The van der Waals surface area contributed by atoms with E-state index < -0.39 is 11.1 Å². The summed E-state index contributed by atoms with van der Waals surface area (Å²) < 4.78 is 1.34. The van der Waals surface area contributed by atoms with Crippen molar-refractivity contribution in [3.05, 3.63) is 56.6 Å². The number of aryl methyl sites for hydroxylation is 1. The summed E-state index contributed by atoms with van der Waals surface area (Å²) in [6.07, 6.45) is 0.338. The summed E-state index contributed by atoms with van der Waals surface area (Å²) in [5.41, 5.74) is -0.671. The predicted octanol–water partition coefficient (Wildman–Crippen LogP) is 0.372. The van der Waals surface area contributed by atoms with Crippen LogP contribution >= 0.6 is 11.8 Å². The zero-order valence-electron chi connectivity index (χ0n) is 10.8. The second kappa shape index (κ2) is 6.33. The van der Waals surface area contributed by atoms with Gasteiger partial charge in [-0.3, -0.25) is 24.2 Å². The first kappa shape index (κ1) is 14.3. The van der Waals surface area contributed by atoms with E-state index >= 15 is 0 Å². The Morgan fingerprint density at radius 3 is 2.70 bits per heavy atom. The van der Waals surface area contributed by atoms with Crippen molar-refractivity contribution in [2.24, 2.45) is 7.05 Å². The highest BCUT2D eigenvalue weighted by molar-refractivity contribution is 7.99. The Hall–Kier alpha value is -2.15. The molecule has 20 heavy (non-hydrogen) atoms. The molecule has 0 saturated heterocycles. The van der Waals surface area contributed by atoms with Crippen LogP contribution in [0.15, 0.2) is 45.1 Å². The molecule has 0 amide bonds. The molecule has 1 aromatic carbocycles. The second-order valence-corrected chi connectivity index (χ2v) is 5.13. The maximum atomic E-state index is 11.8. The van der Waals surface area contributed by atoms with Crippen molar-refractivity contribution in [2.75, 3.05) is 5.75 Å². The number of thioether (sulfide) groups is 1. The van der Waals surface area contributed by atoms with E-state index in [2.05, 4.69) is 10.1 Å². The van der Waals surface area contributed by atoms with Gasteiger partial charge in [-0.25, -0.2) is 0 Å². The van der Waals surface area contributed by atoms with Gasteiger partial charge in [0.05, 0.1) is 5.75 Å². The fourth-order valence-corrected chi connectivity index (χ4v) is 2.39.